The van der Waals surface area contributed by atoms with Gasteiger partial charge in [-0.1, -0.05) is 61.4 Å². The highest BCUT2D eigenvalue weighted by Crippen LogP contribution is 2.47. The highest BCUT2D eigenvalue weighted by molar-refractivity contribution is 6.05. The maximum absolute atomic E-state index is 15.5. The van der Waals surface area contributed by atoms with Crippen molar-refractivity contribution in [1.29, 1.82) is 0 Å². The number of aromatic amines is 2. The Morgan fingerprint density at radius 1 is 0.776 bits per heavy atom. The topological polar surface area (TPSA) is 168 Å². The maximum Gasteiger partial charge on any atom is 0.161 e. The highest BCUT2D eigenvalue weighted by atomic mass is 16.5. The van der Waals surface area contributed by atoms with Crippen LogP contribution in [0.2, 0.25) is 0 Å². The zero-order valence-corrected chi connectivity index (χ0v) is 38.5. The second-order valence-electron chi connectivity index (χ2n) is 20.2. The number of fused-ring (bicyclic) bond motifs is 8. The molecule has 0 unspecified atom stereocenters. The largest absolute Gasteiger partial charge is 0.507 e. The normalized spacial score (nSPS) is 23.1. The lowest BCUT2D eigenvalue weighted by atomic mass is 9.67. The van der Waals surface area contributed by atoms with Crippen LogP contribution in [0.1, 0.15) is 139 Å². The second kappa shape index (κ2) is 19.4. The first-order valence-electron chi connectivity index (χ1n) is 24.9. The van der Waals surface area contributed by atoms with Crippen LogP contribution >= 0.6 is 0 Å². The van der Waals surface area contributed by atoms with E-state index in [-0.39, 0.29) is 72.5 Å². The zero-order valence-electron chi connectivity index (χ0n) is 38.5. The van der Waals surface area contributed by atoms with Gasteiger partial charge in [0.2, 0.25) is 0 Å². The van der Waals surface area contributed by atoms with Gasteiger partial charge in [-0.3, -0.25) is 9.59 Å². The minimum Gasteiger partial charge on any atom is -0.507 e. The number of ether oxygens (including phenoxy) is 1. The Morgan fingerprint density at radius 3 is 2.42 bits per heavy atom. The van der Waals surface area contributed by atoms with E-state index in [2.05, 4.69) is 63.8 Å². The molecule has 0 saturated heterocycles. The Balaban J connectivity index is 1.06. The van der Waals surface area contributed by atoms with Gasteiger partial charge in [0.25, 0.3) is 0 Å². The lowest BCUT2D eigenvalue weighted by molar-refractivity contribution is -0.135. The van der Waals surface area contributed by atoms with E-state index in [4.69, 9.17) is 4.74 Å². The number of aliphatic hydroxyl groups excluding tert-OH is 2. The van der Waals surface area contributed by atoms with E-state index >= 15 is 4.79 Å². The molecule has 5 aliphatic rings. The number of H-pyrrole nitrogens is 2. The van der Waals surface area contributed by atoms with E-state index < -0.39 is 11.8 Å². The molecule has 7 N–H and O–H groups in total. The lowest BCUT2D eigenvalue weighted by Gasteiger charge is -2.36. The molecule has 0 amide bonds. The number of aromatic nitrogens is 2. The number of nitrogens with one attached hydrogen (secondary N) is 3. The smallest absolute Gasteiger partial charge is 0.161 e. The van der Waals surface area contributed by atoms with E-state index in [0.717, 1.165) is 120 Å². The summed E-state index contributed by atoms with van der Waals surface area (Å²) in [5, 5.41) is 47.9. The molecular weight excluding hydrogens is 839 g/mol. The fourth-order valence-corrected chi connectivity index (χ4v) is 12.4. The first-order valence-corrected chi connectivity index (χ1v) is 24.9. The maximum atomic E-state index is 15.5. The van der Waals surface area contributed by atoms with E-state index in [1.54, 1.807) is 6.07 Å². The molecule has 4 aliphatic carbocycles. The third-order valence-corrected chi connectivity index (χ3v) is 16.0. The Hall–Kier alpha value is -5.84. The van der Waals surface area contributed by atoms with Gasteiger partial charge in [0.15, 0.2) is 17.3 Å². The van der Waals surface area contributed by atoms with Crippen molar-refractivity contribution in [2.75, 3.05) is 25.1 Å². The van der Waals surface area contributed by atoms with Gasteiger partial charge in [0.1, 0.15) is 17.4 Å². The molecule has 2 fully saturated rings. The first-order chi connectivity index (χ1) is 32.7. The molecule has 350 valence electrons. The first kappa shape index (κ1) is 45.0. The van der Waals surface area contributed by atoms with E-state index in [1.807, 2.05) is 36.7 Å². The molecule has 0 radical (unpaired) electrons. The number of anilines is 1. The van der Waals surface area contributed by atoms with Crippen molar-refractivity contribution in [2.45, 2.75) is 120 Å². The summed E-state index contributed by atoms with van der Waals surface area (Å²) in [6.45, 7) is 0.128. The van der Waals surface area contributed by atoms with Crippen LogP contribution in [-0.2, 0) is 40.7 Å². The number of hydrogen-bond acceptors (Lipinski definition) is 8. The molecule has 2 saturated carbocycles. The fourth-order valence-electron chi connectivity index (χ4n) is 12.4. The predicted molar refractivity (Wildman–Crippen MR) is 262 cm³/mol. The molecule has 10 nitrogen and oxygen atoms in total. The lowest BCUT2D eigenvalue weighted by Crippen LogP contribution is -2.38. The van der Waals surface area contributed by atoms with Gasteiger partial charge in [-0.15, -0.1) is 0 Å². The van der Waals surface area contributed by atoms with Gasteiger partial charge < -0.3 is 40.4 Å². The van der Waals surface area contributed by atoms with Crippen molar-refractivity contribution in [3.8, 4) is 17.2 Å². The van der Waals surface area contributed by atoms with Crippen molar-refractivity contribution in [3.05, 3.63) is 140 Å². The number of carbonyl (C=O) groups is 2. The molecule has 2 aromatic heterocycles. The average Bonchev–Trinajstić information content (AvgIpc) is 4.18. The molecule has 0 spiro atoms. The van der Waals surface area contributed by atoms with Gasteiger partial charge in [0, 0.05) is 78.9 Å². The van der Waals surface area contributed by atoms with Crippen LogP contribution in [0, 0.1) is 17.8 Å². The predicted octanol–water partition coefficient (Wildman–Crippen LogP) is 10.0. The van der Waals surface area contributed by atoms with Crippen molar-refractivity contribution in [2.24, 2.45) is 17.8 Å². The Kier molecular flexibility index (Phi) is 13.0. The second-order valence-corrected chi connectivity index (χ2v) is 20.2. The number of phenols is 2. The van der Waals surface area contributed by atoms with Crippen molar-refractivity contribution in [1.82, 2.24) is 9.97 Å². The number of aromatic hydroxyl groups is 2. The minimum absolute atomic E-state index is 0.00923. The van der Waals surface area contributed by atoms with Crippen molar-refractivity contribution in [3.63, 3.8) is 0 Å². The summed E-state index contributed by atoms with van der Waals surface area (Å²) < 4.78 is 6.52. The Labute approximate surface area is 393 Å². The Morgan fingerprint density at radius 2 is 1.60 bits per heavy atom. The number of ketones is 2. The number of phenolic OH excluding ortho intramolecular Hbond substituents is 2. The van der Waals surface area contributed by atoms with E-state index in [0.29, 0.717) is 43.5 Å². The highest BCUT2D eigenvalue weighted by Gasteiger charge is 2.43. The summed E-state index contributed by atoms with van der Waals surface area (Å²) >= 11 is 0. The van der Waals surface area contributed by atoms with Crippen LogP contribution in [0.3, 0.4) is 0 Å². The molecule has 1 aliphatic heterocycles. The molecule has 3 heterocycles. The monoisotopic (exact) mass is 903 g/mol. The summed E-state index contributed by atoms with van der Waals surface area (Å²) in [6, 6.07) is 20.3. The zero-order chi connectivity index (χ0) is 46.1. The van der Waals surface area contributed by atoms with Crippen LogP contribution in [0.25, 0.3) is 12.2 Å². The number of Topliss-reactive ketones (excluding diaryl/α,β-unsaturated/α-hetero) is 2. The molecule has 67 heavy (non-hydrogen) atoms. The van der Waals surface area contributed by atoms with E-state index in [1.165, 1.54) is 5.56 Å². The SMILES string of the molecule is O=C1CCc2cc(c(O)c(OC3CCCC3)c2)Cc2ccc(C3(CO)CCCC3)c(c2)Cc2cc[nH]c2NCC2=Cc3[nH]ccc3[C@H](C[C@@H]3C=Cc4c(O)cccc4CC3)[C@@H]2C(=O)[C@H]1CCO. The molecule has 10 rings (SSSR count). The van der Waals surface area contributed by atoms with Gasteiger partial charge in [-0.2, -0.15) is 0 Å². The van der Waals surface area contributed by atoms with Crippen LogP contribution < -0.4 is 10.1 Å². The summed E-state index contributed by atoms with van der Waals surface area (Å²) in [6.07, 6.45) is 21.9. The number of benzene rings is 3. The Bertz CT molecular complexity index is 2680. The van der Waals surface area contributed by atoms with Crippen LogP contribution in [0.15, 0.2) is 84.7 Å². The van der Waals surface area contributed by atoms with Crippen molar-refractivity contribution < 1.29 is 34.8 Å². The summed E-state index contributed by atoms with van der Waals surface area (Å²) in [5.74, 6) is -0.559. The minimum atomic E-state index is -1.02. The number of aliphatic hydroxyl groups is 2. The van der Waals surface area contributed by atoms with Gasteiger partial charge in [-0.05, 0) is 151 Å². The molecular formula is C57H65N3O7. The average molecular weight is 904 g/mol. The molecule has 4 bridgehead atoms. The summed E-state index contributed by atoms with van der Waals surface area (Å²) in [4.78, 5) is 37.1. The van der Waals surface area contributed by atoms with Crippen LogP contribution in [0.4, 0.5) is 5.82 Å². The fraction of sp³-hybridized carbons (Fsp3) is 0.439. The van der Waals surface area contributed by atoms with Crippen LogP contribution in [-0.4, -0.2) is 67.8 Å². The third-order valence-electron chi connectivity index (χ3n) is 16.0. The standard InChI is InChI=1S/C57H65N3O7/c61-25-20-46-51(64)17-13-37-28-41(54(65)52(30-37)67-43-7-1-2-8-43)27-36-12-16-48(57(34-62)21-3-4-22-57)40(26-36)31-39-18-23-59-56(39)60-33-42-32-49-45(19-24-58-49)47(53(42)55(46)66)29-35-10-14-38-6-5-9-50(63)44(38)15-11-35/h5-6,9,11-12,15-16,18-19,23-24,26,28,30,32,35,43,46-47,53,58-63,65H,1-4,7-8,10,13-14,17,20-22,25,27,29,31,33-34H2/t35-,46-,47-,53+/m0/s1. The third kappa shape index (κ3) is 9.15. The molecule has 3 aromatic carbocycles. The van der Waals surface area contributed by atoms with Crippen molar-refractivity contribution >= 4 is 29.5 Å². The van der Waals surface area contributed by atoms with Gasteiger partial charge >= 0.3 is 0 Å². The molecule has 4 atom stereocenters. The number of aryl methyl sites for hydroxylation is 2. The quantitative estimate of drug-likeness (QED) is 0.0756. The summed E-state index contributed by atoms with van der Waals surface area (Å²) in [7, 11) is 0. The molecule has 5 aromatic rings. The molecule has 10 heteroatoms. The number of carbonyl (C=O) groups excluding carboxylic acids is 2. The number of hydrogen-bond donors (Lipinski definition) is 7. The summed E-state index contributed by atoms with van der Waals surface area (Å²) in [5.41, 5.74) is 10.4. The van der Waals surface area contributed by atoms with Gasteiger partial charge in [-0.25, -0.2) is 0 Å². The van der Waals surface area contributed by atoms with Crippen LogP contribution in [0.5, 0.6) is 17.2 Å². The van der Waals surface area contributed by atoms with Gasteiger partial charge in [0.05, 0.1) is 18.6 Å². The number of allylic oxidation sites excluding steroid dienone is 1. The van der Waals surface area contributed by atoms with E-state index in [9.17, 15) is 25.2 Å². The number of rotatable bonds is 8.